The Labute approximate surface area is 642 Å². The van der Waals surface area contributed by atoms with Crippen LogP contribution in [-0.4, -0.2) is 125 Å². The molecule has 0 saturated carbocycles. The van der Waals surface area contributed by atoms with Gasteiger partial charge in [-0.15, -0.1) is 0 Å². The summed E-state index contributed by atoms with van der Waals surface area (Å²) in [4.78, 5) is 152. The zero-order chi connectivity index (χ0) is 81.2. The van der Waals surface area contributed by atoms with Crippen LogP contribution in [0.2, 0.25) is 0 Å². The number of aromatic hydroxyl groups is 1. The van der Waals surface area contributed by atoms with E-state index in [1.165, 1.54) is 66.9 Å². The van der Waals surface area contributed by atoms with Crippen molar-refractivity contribution in [1.82, 2.24) is 30.8 Å². The molecule has 5 atom stereocenters. The number of carbonyl (C=O) groups is 6. The highest BCUT2D eigenvalue weighted by molar-refractivity contribution is 7.66. The Morgan fingerprint density at radius 3 is 2.02 bits per heavy atom. The zero-order valence-corrected chi connectivity index (χ0v) is 63.4. The number of ether oxygens (including phenoxy) is 1. The number of nitrogens with one attached hydrogen (secondary N) is 5. The molecule has 1 saturated heterocycles. The molecule has 2 aliphatic carbocycles. The van der Waals surface area contributed by atoms with E-state index in [-0.39, 0.29) is 113 Å². The maximum absolute atomic E-state index is 14.6. The second-order valence-corrected chi connectivity index (χ2v) is 30.2. The summed E-state index contributed by atoms with van der Waals surface area (Å²) in [7, 11) is -17.0. The number of carboxylic acid groups (broad SMARTS) is 2. The number of aromatic carboxylic acids is 2. The van der Waals surface area contributed by atoms with Crippen LogP contribution in [0.4, 0.5) is 11.5 Å². The van der Waals surface area contributed by atoms with Crippen molar-refractivity contribution in [3.63, 3.8) is 0 Å². The van der Waals surface area contributed by atoms with E-state index in [0.29, 0.717) is 98.8 Å². The van der Waals surface area contributed by atoms with Gasteiger partial charge in [0.05, 0.1) is 35.1 Å². The molecule has 1 aromatic heterocycles. The number of carboxylic acids is 2. The maximum Gasteiger partial charge on any atom is 0.490 e. The molecule has 4 heterocycles. The van der Waals surface area contributed by atoms with E-state index in [0.717, 1.165) is 21.4 Å². The number of rotatable bonds is 28. The number of nitrogens with zero attached hydrogens (tertiary/aromatic N) is 3. The molecule has 0 radical (unpaired) electrons. The number of phosphoric acid groups is 3. The first-order valence-corrected chi connectivity index (χ1v) is 39.5. The van der Waals surface area contributed by atoms with Gasteiger partial charge in [-0.1, -0.05) is 54.4 Å². The number of anilines is 2. The molecule has 6 aromatic rings. The summed E-state index contributed by atoms with van der Waals surface area (Å²) in [6.45, 7) is 8.59. The van der Waals surface area contributed by atoms with Gasteiger partial charge >= 0.3 is 41.1 Å². The number of phenolic OH excluding ortho intramolecular Hbond substituents is 1. The van der Waals surface area contributed by atoms with Gasteiger partial charge in [0.25, 0.3) is 11.8 Å². The summed E-state index contributed by atoms with van der Waals surface area (Å²) in [5.74, 6) is 6.39. The van der Waals surface area contributed by atoms with E-state index in [4.69, 9.17) is 33.6 Å². The predicted octanol–water partition coefficient (Wildman–Crippen LogP) is 9.24. The number of aromatic nitrogens is 2. The number of nitrogen functional groups attached to an aromatic ring is 1. The van der Waals surface area contributed by atoms with Crippen LogP contribution >= 0.6 is 23.5 Å². The highest BCUT2D eigenvalue weighted by Gasteiger charge is 2.44. The van der Waals surface area contributed by atoms with Crippen LogP contribution < -0.4 is 48.8 Å². The van der Waals surface area contributed by atoms with Crippen LogP contribution in [0, 0.1) is 37.5 Å². The molecule has 11 rings (SSSR count). The van der Waals surface area contributed by atoms with Gasteiger partial charge in [0.15, 0.2) is 11.7 Å². The van der Waals surface area contributed by atoms with E-state index in [2.05, 4.69) is 68.9 Å². The van der Waals surface area contributed by atoms with Crippen molar-refractivity contribution in [3.05, 3.63) is 204 Å². The molecule has 0 bridgehead atoms. The van der Waals surface area contributed by atoms with Crippen molar-refractivity contribution in [2.45, 2.75) is 91.2 Å². The smallest absolute Gasteiger partial charge is 0.490 e. The first kappa shape index (κ1) is 82.0. The van der Waals surface area contributed by atoms with Crippen molar-refractivity contribution >= 4 is 92.5 Å². The van der Waals surface area contributed by atoms with Gasteiger partial charge < -0.3 is 80.8 Å². The topological polar surface area (TPSA) is 509 Å². The molecule has 1 fully saturated rings. The molecule has 4 amide bonds. The number of hydrogen-bond acceptors (Lipinski definition) is 22. The Bertz CT molecular complexity index is 5870. The Morgan fingerprint density at radius 1 is 0.681 bits per heavy atom. The molecule has 586 valence electrons. The lowest BCUT2D eigenvalue weighted by atomic mass is 9.88. The number of phosphoric ester groups is 1. The molecule has 33 nitrogen and oxygen atoms in total. The van der Waals surface area contributed by atoms with Crippen molar-refractivity contribution in [2.24, 2.45) is 4.99 Å². The van der Waals surface area contributed by atoms with E-state index in [1.807, 2.05) is 52.0 Å². The van der Waals surface area contributed by atoms with Crippen LogP contribution in [0.3, 0.4) is 0 Å². The lowest BCUT2D eigenvalue weighted by Gasteiger charge is -2.21. The Kier molecular flexibility index (Phi) is 25.5. The molecule has 0 spiro atoms. The average Bonchev–Trinajstić information content (AvgIpc) is 0.844. The van der Waals surface area contributed by atoms with Gasteiger partial charge in [0.2, 0.25) is 11.8 Å². The molecule has 5 aromatic carbocycles. The van der Waals surface area contributed by atoms with Crippen molar-refractivity contribution < 1.29 is 104 Å². The summed E-state index contributed by atoms with van der Waals surface area (Å²) in [6, 6.07) is 29.8. The summed E-state index contributed by atoms with van der Waals surface area (Å²) >= 11 is 0. The summed E-state index contributed by atoms with van der Waals surface area (Å²) in [5, 5.41) is 47.8. The molecule has 113 heavy (non-hydrogen) atoms. The minimum atomic E-state index is -5.82. The van der Waals surface area contributed by atoms with E-state index in [1.54, 1.807) is 36.4 Å². The Morgan fingerprint density at radius 2 is 1.34 bits per heavy atom. The fourth-order valence-corrected chi connectivity index (χ4v) is 15.8. The lowest BCUT2D eigenvalue weighted by molar-refractivity contribution is -0.123. The second-order valence-electron chi connectivity index (χ2n) is 25.8. The molecule has 3 aliphatic heterocycles. The quantitative estimate of drug-likeness (QED) is 0.00939. The SMILES string of the molecule is CCN=c1cc2oc3cc(NCC)c(C)cc3c(-c3ccc(C(=O)NC(Cc4ccc(C#CCNC(=O)c5ccc(-c6c7ccc(=O)cc-7oc7cc(O)ccc67)c(C(=O)O)c5)cc4)C(=O)NCCCCCC(=O)NCC#Cc4cn([C@H]5CC[C@@H](OP(=O)(O)OP(=O)(O)OP(=O)(O)O)O5)c(=O)nc4N)cc3C(=O)O)c-2cc1C. The van der Waals surface area contributed by atoms with Gasteiger partial charge in [0.1, 0.15) is 46.5 Å². The van der Waals surface area contributed by atoms with Crippen LogP contribution in [0.5, 0.6) is 5.75 Å². The summed E-state index contributed by atoms with van der Waals surface area (Å²) in [6.07, 6.45) is -0.759. The average molecular weight is 1600 g/mol. The molecule has 3 unspecified atom stereocenters. The molecule has 5 aliphatic rings. The van der Waals surface area contributed by atoms with Crippen LogP contribution in [0.25, 0.3) is 66.8 Å². The summed E-state index contributed by atoms with van der Waals surface area (Å²) in [5.41, 5.74) is 10.9. The summed E-state index contributed by atoms with van der Waals surface area (Å²) < 4.78 is 66.1. The lowest BCUT2D eigenvalue weighted by Crippen LogP contribution is -2.48. The molecular weight excluding hydrogens is 1530 g/mol. The Hall–Kier alpha value is -11.9. The molecule has 36 heteroatoms. The number of nitrogens with two attached hydrogens (primary N) is 1. The number of benzene rings is 7. The number of carbonyl (C=O) groups excluding carboxylic acids is 4. The number of hydrogen-bond donors (Lipinski definition) is 13. The van der Waals surface area contributed by atoms with Gasteiger partial charge in [0, 0.05) is 125 Å². The monoisotopic (exact) mass is 1600 g/mol. The maximum atomic E-state index is 14.6. The number of aryl methyl sites for hydroxylation is 2. The van der Waals surface area contributed by atoms with Crippen LogP contribution in [-0.2, 0) is 47.6 Å². The minimum absolute atomic E-state index is 0.0107. The van der Waals surface area contributed by atoms with Crippen LogP contribution in [0.15, 0.2) is 151 Å². The van der Waals surface area contributed by atoms with Gasteiger partial charge in [-0.05, 0) is 148 Å². The van der Waals surface area contributed by atoms with E-state index >= 15 is 0 Å². The molecule has 14 N–H and O–H groups in total. The fourth-order valence-electron chi connectivity index (χ4n) is 12.7. The van der Waals surface area contributed by atoms with Gasteiger partial charge in [-0.3, -0.25) is 38.1 Å². The number of phenols is 1. The largest absolute Gasteiger partial charge is 0.508 e. The van der Waals surface area contributed by atoms with Crippen molar-refractivity contribution in [3.8, 4) is 74.3 Å². The predicted molar refractivity (Wildman–Crippen MR) is 411 cm³/mol. The van der Waals surface area contributed by atoms with Crippen molar-refractivity contribution in [1.29, 1.82) is 0 Å². The Balaban J connectivity index is 0.751. The number of unbranched alkanes of at least 4 members (excludes halogenated alkanes) is 2. The first-order chi connectivity index (χ1) is 53.7. The third kappa shape index (κ3) is 20.4. The first-order valence-electron chi connectivity index (χ1n) is 35.0. The van der Waals surface area contributed by atoms with E-state index < -0.39 is 77.4 Å². The normalized spacial score (nSPS) is 14.9. The number of fused-ring (bicyclic) bond motifs is 4. The zero-order valence-electron chi connectivity index (χ0n) is 60.7. The van der Waals surface area contributed by atoms with Crippen LogP contribution in [0.1, 0.15) is 128 Å². The minimum Gasteiger partial charge on any atom is -0.508 e. The third-order valence-electron chi connectivity index (χ3n) is 17.8. The second kappa shape index (κ2) is 35.2. The third-order valence-corrected chi connectivity index (χ3v) is 21.6. The van der Waals surface area contributed by atoms with Crippen molar-refractivity contribution in [2.75, 3.05) is 43.8 Å². The molecular formula is C77H74N9O24P3. The standard InChI is InChI=1S/C77H74N9O24P3/c1-5-79-59-39-64-57(32-42(59)3)70(58-33-43(4)60(80-6-2)40-65(58)106-64)52-24-20-47(36-56(52)76(95)96)73(91)84-61(74(92)83-29-9-7-8-14-66(89)81-30-11-13-48-41-86(77(97)85-71(48)78)67-27-28-68(107-67)108-112(101,102)110-113(103,104)109-111(98,99)100)34-45-17-15-44(16-18-45)12-10-31-82-72(90)46-19-23-51(55(35-46)75(93)94)69-53-25-21-49(87)37-62(53)105-63-38-50(88)22-26-54(63)69/h15-26,32-33,35-41,61,67-68,79,87H,5-9,14,27-31,34H2,1-4H3,(H,81,89)(H,82,90)(H,83,92)(H,84,91)(H,93,94)(H,95,96)(H,101,102)(H,103,104)(H2,78,85,97)(H2,98,99,100)/t61?,67-,68-/m1/s1. The van der Waals surface area contributed by atoms with Gasteiger partial charge in [-0.25, -0.2) is 28.1 Å². The highest BCUT2D eigenvalue weighted by Crippen LogP contribution is 2.67. The number of amides is 4. The fraction of sp³-hybridized carbons (Fsp3) is 0.247. The van der Waals surface area contributed by atoms with E-state index in [9.17, 15) is 77.2 Å². The van der Waals surface area contributed by atoms with Gasteiger partial charge in [-0.2, -0.15) is 13.6 Å². The highest BCUT2D eigenvalue weighted by atomic mass is 31.3.